The molecule has 0 heterocycles. The number of nitriles is 1. The molecule has 0 saturated carbocycles. The summed E-state index contributed by atoms with van der Waals surface area (Å²) >= 11 is 0. The van der Waals surface area contributed by atoms with Crippen LogP contribution in [0.25, 0.3) is 6.08 Å². The van der Waals surface area contributed by atoms with Crippen molar-refractivity contribution in [1.29, 1.82) is 5.26 Å². The fraction of sp³-hybridized carbons (Fsp3) is 0.0833. The second-order valence-electron chi connectivity index (χ2n) is 5.01. The molecule has 0 aliphatic heterocycles. The smallest absolute Gasteiger partial charge is 0.332 e. The summed E-state index contributed by atoms with van der Waals surface area (Å²) < 4.78 is 4.27. The first-order chi connectivity index (χ1) is 14.7. The van der Waals surface area contributed by atoms with E-state index < -0.39 is 11.9 Å². The number of allylic oxidation sites excluding steroid dienone is 5. The molecule has 31 heavy (non-hydrogen) atoms. The first-order valence-corrected chi connectivity index (χ1v) is 8.55. The Balaban J connectivity index is -0.000000363. The number of carboxylic acid groups (broad SMARTS) is 2. The van der Waals surface area contributed by atoms with E-state index in [-0.39, 0.29) is 5.97 Å². The van der Waals surface area contributed by atoms with Crippen molar-refractivity contribution >= 4 is 24.0 Å². The molecule has 0 radical (unpaired) electrons. The maximum absolute atomic E-state index is 10.2. The van der Waals surface area contributed by atoms with Crippen LogP contribution < -0.4 is 0 Å². The van der Waals surface area contributed by atoms with Crippen molar-refractivity contribution < 1.29 is 29.3 Å². The van der Waals surface area contributed by atoms with Gasteiger partial charge >= 0.3 is 17.9 Å². The topological polar surface area (TPSA) is 125 Å². The average Bonchev–Trinajstić information content (AvgIpc) is 2.76. The van der Waals surface area contributed by atoms with Crippen LogP contribution in [0, 0.1) is 11.3 Å². The number of methoxy groups -OCH3 is 1. The van der Waals surface area contributed by atoms with E-state index in [0.717, 1.165) is 5.56 Å². The number of rotatable bonds is 6. The van der Waals surface area contributed by atoms with Crippen molar-refractivity contribution in [3.8, 4) is 6.07 Å². The Labute approximate surface area is 182 Å². The third-order valence-electron chi connectivity index (χ3n) is 2.44. The Morgan fingerprint density at radius 3 is 1.77 bits per heavy atom. The summed E-state index contributed by atoms with van der Waals surface area (Å²) in [4.78, 5) is 29.3. The van der Waals surface area contributed by atoms with E-state index in [1.165, 1.54) is 13.2 Å². The van der Waals surface area contributed by atoms with Crippen LogP contribution in [0.4, 0.5) is 0 Å². The van der Waals surface area contributed by atoms with Gasteiger partial charge < -0.3 is 14.9 Å². The van der Waals surface area contributed by atoms with E-state index >= 15 is 0 Å². The Kier molecular flexibility index (Phi) is 23.8. The second kappa shape index (κ2) is 23.6. The standard InChI is InChI=1S/C11H9N.C5H8O2.C4H4O4.C4H6/c12-10-6-2-5-9-11-7-3-1-4-8-11;1-4(2)5(6)7-3;5-3(6)1-2-4(7)8;1-3-4-2/h1-9H;1H2,2-3H3;1-2H,(H,5,6)(H,7,8);3-4H,1-2H2. The van der Waals surface area contributed by atoms with E-state index in [1.807, 2.05) is 48.6 Å². The first-order valence-electron chi connectivity index (χ1n) is 8.55. The van der Waals surface area contributed by atoms with Crippen LogP contribution in [0.3, 0.4) is 0 Å². The number of nitrogens with zero attached hydrogens (tertiary/aromatic N) is 1. The Morgan fingerprint density at radius 2 is 1.48 bits per heavy atom. The highest BCUT2D eigenvalue weighted by Crippen LogP contribution is 2.00. The number of benzene rings is 1. The molecule has 0 amide bonds. The van der Waals surface area contributed by atoms with Crippen molar-refractivity contribution in [1.82, 2.24) is 0 Å². The van der Waals surface area contributed by atoms with Gasteiger partial charge in [0, 0.05) is 23.8 Å². The minimum Gasteiger partial charge on any atom is -0.478 e. The van der Waals surface area contributed by atoms with Gasteiger partial charge in [-0.25, -0.2) is 14.4 Å². The maximum atomic E-state index is 10.2. The van der Waals surface area contributed by atoms with E-state index in [1.54, 1.807) is 25.2 Å². The predicted molar refractivity (Wildman–Crippen MR) is 122 cm³/mol. The number of aliphatic carboxylic acids is 2. The lowest BCUT2D eigenvalue weighted by Gasteiger charge is -1.91. The Hall–Kier alpha value is -4.44. The molecule has 0 aliphatic carbocycles. The van der Waals surface area contributed by atoms with Gasteiger partial charge in [-0.2, -0.15) is 5.26 Å². The molecule has 0 atom stereocenters. The summed E-state index contributed by atoms with van der Waals surface area (Å²) in [6, 6.07) is 11.9. The fourth-order valence-corrected chi connectivity index (χ4v) is 1.15. The minimum absolute atomic E-state index is 0.347. The fourth-order valence-electron chi connectivity index (χ4n) is 1.15. The van der Waals surface area contributed by atoms with Gasteiger partial charge in [0.25, 0.3) is 0 Å². The quantitative estimate of drug-likeness (QED) is 0.296. The Morgan fingerprint density at radius 1 is 1.00 bits per heavy atom. The third-order valence-corrected chi connectivity index (χ3v) is 2.44. The molecular weight excluding hydrogens is 398 g/mol. The maximum Gasteiger partial charge on any atom is 0.332 e. The summed E-state index contributed by atoms with van der Waals surface area (Å²) in [5.74, 6) is -2.86. The van der Waals surface area contributed by atoms with Gasteiger partial charge in [-0.1, -0.05) is 80.4 Å². The molecule has 0 saturated heterocycles. The number of hydrogen-bond donors (Lipinski definition) is 2. The van der Waals surface area contributed by atoms with Gasteiger partial charge in [0.1, 0.15) is 0 Å². The molecule has 7 nitrogen and oxygen atoms in total. The summed E-state index contributed by atoms with van der Waals surface area (Å²) in [6.07, 6.45) is 11.4. The minimum atomic E-state index is -1.26. The summed E-state index contributed by atoms with van der Waals surface area (Å²) in [5.41, 5.74) is 1.57. The first kappa shape index (κ1) is 31.3. The lowest BCUT2D eigenvalue weighted by atomic mass is 10.2. The molecule has 1 aromatic carbocycles. The van der Waals surface area contributed by atoms with Crippen LogP contribution in [0.2, 0.25) is 0 Å². The highest BCUT2D eigenvalue weighted by Gasteiger charge is 1.95. The number of carboxylic acids is 2. The van der Waals surface area contributed by atoms with Crippen LogP contribution in [-0.4, -0.2) is 35.2 Å². The molecule has 1 aromatic rings. The highest BCUT2D eigenvalue weighted by molar-refractivity contribution is 5.89. The molecule has 0 aromatic heterocycles. The van der Waals surface area contributed by atoms with Gasteiger partial charge in [0.2, 0.25) is 0 Å². The lowest BCUT2D eigenvalue weighted by molar-refractivity contribution is -0.136. The molecule has 0 bridgehead atoms. The molecule has 0 spiro atoms. The third kappa shape index (κ3) is 30.5. The van der Waals surface area contributed by atoms with Gasteiger partial charge in [0.05, 0.1) is 13.2 Å². The van der Waals surface area contributed by atoms with Gasteiger partial charge in [-0.15, -0.1) is 0 Å². The normalized spacial score (nSPS) is 8.94. The van der Waals surface area contributed by atoms with Crippen LogP contribution >= 0.6 is 0 Å². The Bertz CT molecular complexity index is 805. The number of carbonyl (C=O) groups is 3. The zero-order valence-corrected chi connectivity index (χ0v) is 17.6. The lowest BCUT2D eigenvalue weighted by Crippen LogP contribution is -1.98. The van der Waals surface area contributed by atoms with Gasteiger partial charge in [-0.05, 0) is 12.5 Å². The van der Waals surface area contributed by atoms with Crippen molar-refractivity contribution in [2.45, 2.75) is 6.92 Å². The molecule has 1 rings (SSSR count). The number of hydrogen-bond acceptors (Lipinski definition) is 5. The van der Waals surface area contributed by atoms with Gasteiger partial charge in [-0.3, -0.25) is 0 Å². The van der Waals surface area contributed by atoms with E-state index in [0.29, 0.717) is 17.7 Å². The van der Waals surface area contributed by atoms with Crippen LogP contribution in [0.1, 0.15) is 12.5 Å². The summed E-state index contributed by atoms with van der Waals surface area (Å²) in [7, 11) is 1.33. The van der Waals surface area contributed by atoms with E-state index in [2.05, 4.69) is 24.5 Å². The number of ether oxygens (including phenoxy) is 1. The largest absolute Gasteiger partial charge is 0.478 e. The molecule has 0 unspecified atom stereocenters. The zero-order valence-electron chi connectivity index (χ0n) is 17.6. The number of esters is 1. The highest BCUT2D eigenvalue weighted by atomic mass is 16.5. The molecule has 2 N–H and O–H groups in total. The monoisotopic (exact) mass is 425 g/mol. The molecule has 0 aliphatic rings. The van der Waals surface area contributed by atoms with Crippen molar-refractivity contribution in [2.75, 3.05) is 7.11 Å². The number of carbonyl (C=O) groups excluding carboxylic acids is 1. The van der Waals surface area contributed by atoms with Crippen LogP contribution in [0.15, 0.2) is 98.2 Å². The van der Waals surface area contributed by atoms with Crippen LogP contribution in [0.5, 0.6) is 0 Å². The molecule has 0 fully saturated rings. The zero-order chi connectivity index (χ0) is 24.5. The summed E-state index contributed by atoms with van der Waals surface area (Å²) in [5, 5.41) is 23.8. The van der Waals surface area contributed by atoms with Crippen molar-refractivity contribution in [3.63, 3.8) is 0 Å². The van der Waals surface area contributed by atoms with Crippen molar-refractivity contribution in [2.24, 2.45) is 0 Å². The van der Waals surface area contributed by atoms with Crippen molar-refractivity contribution in [3.05, 3.63) is 104 Å². The summed E-state index contributed by atoms with van der Waals surface area (Å²) in [6.45, 7) is 11.7. The molecule has 164 valence electrons. The average molecular weight is 425 g/mol. The van der Waals surface area contributed by atoms with Gasteiger partial charge in [0.15, 0.2) is 0 Å². The second-order valence-corrected chi connectivity index (χ2v) is 5.01. The molecule has 7 heteroatoms. The molecular formula is C24H27NO6. The SMILES string of the molecule is C=C(C)C(=O)OC.C=CC=C.N#CC=CC=Cc1ccccc1.O=C(O)C=CC(=O)O. The predicted octanol–water partition coefficient (Wildman–Crippen LogP) is 4.59. The van der Waals surface area contributed by atoms with E-state index in [9.17, 15) is 14.4 Å². The van der Waals surface area contributed by atoms with Crippen LogP contribution in [-0.2, 0) is 19.1 Å². The van der Waals surface area contributed by atoms with E-state index in [4.69, 9.17) is 15.5 Å².